The number of hydrogen-bond acceptors (Lipinski definition) is 3. The predicted molar refractivity (Wildman–Crippen MR) is 145 cm³/mol. The van der Waals surface area contributed by atoms with E-state index in [4.69, 9.17) is 9.72 Å². The first kappa shape index (κ1) is 25.0. The van der Waals surface area contributed by atoms with Crippen LogP contribution in [0.3, 0.4) is 0 Å². The van der Waals surface area contributed by atoms with Gasteiger partial charge in [0.2, 0.25) is 0 Å². The van der Waals surface area contributed by atoms with E-state index >= 15 is 0 Å². The van der Waals surface area contributed by atoms with E-state index in [1.54, 1.807) is 0 Å². The van der Waals surface area contributed by atoms with Crippen molar-refractivity contribution in [2.45, 2.75) is 46.1 Å². The van der Waals surface area contributed by atoms with E-state index < -0.39 is 0 Å². The number of benzene rings is 3. The average Bonchev–Trinajstić information content (AvgIpc) is 3.18. The van der Waals surface area contributed by atoms with Crippen LogP contribution in [0.2, 0.25) is 0 Å². The average molecular weight is 534 g/mol. The highest BCUT2D eigenvalue weighted by atomic mass is 79.9. The van der Waals surface area contributed by atoms with Crippen LogP contribution in [-0.4, -0.2) is 28.6 Å². The number of ether oxygens (including phenoxy) is 1. The molecule has 0 spiro atoms. The van der Waals surface area contributed by atoms with Gasteiger partial charge in [0.25, 0.3) is 5.91 Å². The van der Waals surface area contributed by atoms with Crippen molar-refractivity contribution in [2.75, 3.05) is 13.2 Å². The fraction of sp³-hybridized carbons (Fsp3) is 0.310. The molecule has 0 aliphatic carbocycles. The molecule has 0 radical (unpaired) electrons. The molecule has 4 rings (SSSR count). The first-order valence-corrected chi connectivity index (χ1v) is 13.0. The zero-order valence-corrected chi connectivity index (χ0v) is 22.0. The SMILES string of the molecule is Cc1cc(C)cc(OCCn2c(CCCCCNC(=O)c3ccc(Br)cc3)nc3ccccc32)c1. The van der Waals surface area contributed by atoms with E-state index in [1.807, 2.05) is 30.3 Å². The normalized spacial score (nSPS) is 11.1. The molecule has 1 N–H and O–H groups in total. The minimum atomic E-state index is -0.0249. The van der Waals surface area contributed by atoms with E-state index in [9.17, 15) is 4.79 Å². The fourth-order valence-electron chi connectivity index (χ4n) is 4.33. The topological polar surface area (TPSA) is 56.1 Å². The van der Waals surface area contributed by atoms with Gasteiger partial charge >= 0.3 is 0 Å². The Bertz CT molecular complexity index is 1260. The van der Waals surface area contributed by atoms with Crippen molar-refractivity contribution in [1.82, 2.24) is 14.9 Å². The Hall–Kier alpha value is -3.12. The molecule has 6 heteroatoms. The highest BCUT2D eigenvalue weighted by molar-refractivity contribution is 9.10. The number of para-hydroxylation sites is 2. The van der Waals surface area contributed by atoms with Gasteiger partial charge in [0.1, 0.15) is 18.2 Å². The van der Waals surface area contributed by atoms with Gasteiger partial charge in [-0.3, -0.25) is 4.79 Å². The summed E-state index contributed by atoms with van der Waals surface area (Å²) in [6.45, 7) is 6.21. The second kappa shape index (κ2) is 12.0. The maximum absolute atomic E-state index is 12.2. The molecule has 0 atom stereocenters. The molecule has 5 nitrogen and oxygen atoms in total. The number of unbranched alkanes of at least 4 members (excludes halogenated alkanes) is 2. The minimum absolute atomic E-state index is 0.0249. The quantitative estimate of drug-likeness (QED) is 0.220. The molecular weight excluding hydrogens is 502 g/mol. The number of carbonyl (C=O) groups excluding carboxylic acids is 1. The second-order valence-electron chi connectivity index (χ2n) is 8.91. The van der Waals surface area contributed by atoms with Gasteiger partial charge in [-0.25, -0.2) is 4.98 Å². The lowest BCUT2D eigenvalue weighted by atomic mass is 10.1. The molecular formula is C29H32BrN3O2. The summed E-state index contributed by atoms with van der Waals surface area (Å²) in [6, 6.07) is 22.0. The predicted octanol–water partition coefficient (Wildman–Crippen LogP) is 6.64. The third kappa shape index (κ3) is 6.95. The van der Waals surface area contributed by atoms with Crippen LogP contribution in [0.15, 0.2) is 71.2 Å². The Morgan fingerprint density at radius 2 is 1.71 bits per heavy atom. The molecule has 0 unspecified atom stereocenters. The molecule has 0 aliphatic rings. The number of carbonyl (C=O) groups is 1. The van der Waals surface area contributed by atoms with E-state index in [0.717, 1.165) is 59.3 Å². The van der Waals surface area contributed by atoms with Crippen molar-refractivity contribution in [1.29, 1.82) is 0 Å². The number of hydrogen-bond donors (Lipinski definition) is 1. The smallest absolute Gasteiger partial charge is 0.251 e. The summed E-state index contributed by atoms with van der Waals surface area (Å²) in [4.78, 5) is 17.1. The van der Waals surface area contributed by atoms with Crippen LogP contribution in [-0.2, 0) is 13.0 Å². The van der Waals surface area contributed by atoms with Crippen LogP contribution in [0.1, 0.15) is 46.6 Å². The summed E-state index contributed by atoms with van der Waals surface area (Å²) < 4.78 is 9.33. The van der Waals surface area contributed by atoms with Gasteiger partial charge in [0, 0.05) is 23.0 Å². The van der Waals surface area contributed by atoms with E-state index in [1.165, 1.54) is 11.1 Å². The van der Waals surface area contributed by atoms with Crippen molar-refractivity contribution >= 4 is 32.9 Å². The maximum atomic E-state index is 12.2. The first-order chi connectivity index (χ1) is 17.0. The largest absolute Gasteiger partial charge is 0.492 e. The monoisotopic (exact) mass is 533 g/mol. The Balaban J connectivity index is 1.28. The molecule has 1 amide bonds. The van der Waals surface area contributed by atoms with Crippen molar-refractivity contribution in [3.05, 3.63) is 93.7 Å². The van der Waals surface area contributed by atoms with Gasteiger partial charge in [-0.1, -0.05) is 40.5 Å². The van der Waals surface area contributed by atoms with Crippen LogP contribution >= 0.6 is 15.9 Å². The fourth-order valence-corrected chi connectivity index (χ4v) is 4.59. The van der Waals surface area contributed by atoms with E-state index in [0.29, 0.717) is 18.7 Å². The van der Waals surface area contributed by atoms with E-state index in [-0.39, 0.29) is 5.91 Å². The highest BCUT2D eigenvalue weighted by Crippen LogP contribution is 2.20. The molecule has 35 heavy (non-hydrogen) atoms. The number of rotatable bonds is 11. The molecule has 0 aliphatic heterocycles. The minimum Gasteiger partial charge on any atom is -0.492 e. The standard InChI is InChI=1S/C29H32BrN3O2/c1-21-18-22(2)20-25(19-21)35-17-16-33-27-9-6-5-8-26(27)32-28(33)10-4-3-7-15-31-29(34)23-11-13-24(30)14-12-23/h5-6,8-9,11-14,18-20H,3-4,7,10,15-17H2,1-2H3,(H,31,34). The van der Waals surface area contributed by atoms with Crippen molar-refractivity contribution < 1.29 is 9.53 Å². The molecule has 1 heterocycles. The Morgan fingerprint density at radius 1 is 0.971 bits per heavy atom. The van der Waals surface area contributed by atoms with Crippen molar-refractivity contribution in [3.8, 4) is 5.75 Å². The molecule has 1 aromatic heterocycles. The molecule has 4 aromatic rings. The van der Waals surface area contributed by atoms with Crippen LogP contribution in [0.4, 0.5) is 0 Å². The number of aryl methyl sites for hydroxylation is 3. The number of fused-ring (bicyclic) bond motifs is 1. The third-order valence-corrected chi connectivity index (χ3v) is 6.51. The summed E-state index contributed by atoms with van der Waals surface area (Å²) in [5.74, 6) is 1.98. The summed E-state index contributed by atoms with van der Waals surface area (Å²) in [5.41, 5.74) is 5.28. The summed E-state index contributed by atoms with van der Waals surface area (Å²) in [5, 5.41) is 3.01. The van der Waals surface area contributed by atoms with Gasteiger partial charge in [0.15, 0.2) is 0 Å². The molecule has 0 bridgehead atoms. The third-order valence-electron chi connectivity index (χ3n) is 5.98. The Labute approximate surface area is 215 Å². The van der Waals surface area contributed by atoms with Crippen LogP contribution in [0.25, 0.3) is 11.0 Å². The zero-order valence-electron chi connectivity index (χ0n) is 20.4. The number of nitrogens with one attached hydrogen (secondary N) is 1. The molecule has 3 aromatic carbocycles. The highest BCUT2D eigenvalue weighted by Gasteiger charge is 2.11. The Morgan fingerprint density at radius 3 is 2.49 bits per heavy atom. The van der Waals surface area contributed by atoms with Crippen molar-refractivity contribution in [2.24, 2.45) is 0 Å². The van der Waals surface area contributed by atoms with Crippen LogP contribution < -0.4 is 10.1 Å². The van der Waals surface area contributed by atoms with Crippen LogP contribution in [0.5, 0.6) is 5.75 Å². The Kier molecular flexibility index (Phi) is 8.59. The first-order valence-electron chi connectivity index (χ1n) is 12.2. The second-order valence-corrected chi connectivity index (χ2v) is 9.83. The van der Waals surface area contributed by atoms with Gasteiger partial charge in [0.05, 0.1) is 17.6 Å². The summed E-state index contributed by atoms with van der Waals surface area (Å²) >= 11 is 3.40. The van der Waals surface area contributed by atoms with Gasteiger partial charge < -0.3 is 14.6 Å². The van der Waals surface area contributed by atoms with Gasteiger partial charge in [-0.05, 0) is 86.3 Å². The maximum Gasteiger partial charge on any atom is 0.251 e. The summed E-state index contributed by atoms with van der Waals surface area (Å²) in [7, 11) is 0. The van der Waals surface area contributed by atoms with E-state index in [2.05, 4.69) is 76.1 Å². The summed E-state index contributed by atoms with van der Waals surface area (Å²) in [6.07, 6.45) is 3.90. The molecule has 0 saturated carbocycles. The van der Waals surface area contributed by atoms with Gasteiger partial charge in [-0.15, -0.1) is 0 Å². The number of amides is 1. The van der Waals surface area contributed by atoms with Crippen LogP contribution in [0, 0.1) is 13.8 Å². The lowest BCUT2D eigenvalue weighted by Gasteiger charge is -2.12. The molecule has 0 fully saturated rings. The zero-order chi connectivity index (χ0) is 24.6. The lowest BCUT2D eigenvalue weighted by Crippen LogP contribution is -2.24. The number of nitrogens with zero attached hydrogens (tertiary/aromatic N) is 2. The number of imidazole rings is 1. The molecule has 0 saturated heterocycles. The lowest BCUT2D eigenvalue weighted by molar-refractivity contribution is 0.0953. The van der Waals surface area contributed by atoms with Gasteiger partial charge in [-0.2, -0.15) is 0 Å². The van der Waals surface area contributed by atoms with Crippen molar-refractivity contribution in [3.63, 3.8) is 0 Å². The molecule has 182 valence electrons. The number of halogens is 1. The number of aromatic nitrogens is 2.